The molecule has 7 heteroatoms. The lowest BCUT2D eigenvalue weighted by atomic mass is 10.1. The fourth-order valence-electron chi connectivity index (χ4n) is 3.61. The van der Waals surface area contributed by atoms with E-state index in [-0.39, 0.29) is 12.1 Å². The number of hydrogen-bond acceptors (Lipinski definition) is 6. The van der Waals surface area contributed by atoms with Crippen LogP contribution in [-0.4, -0.2) is 75.4 Å². The summed E-state index contributed by atoms with van der Waals surface area (Å²) in [6.07, 6.45) is 5.52. The van der Waals surface area contributed by atoms with Crippen LogP contribution >= 0.6 is 0 Å². The van der Waals surface area contributed by atoms with Crippen LogP contribution in [0.15, 0.2) is 12.7 Å². The third kappa shape index (κ3) is 3.97. The average molecular weight is 320 g/mol. The molecule has 128 valence electrons. The number of piperazine rings is 1. The van der Waals surface area contributed by atoms with E-state index in [0.29, 0.717) is 0 Å². The van der Waals surface area contributed by atoms with Crippen LogP contribution in [0.3, 0.4) is 0 Å². The Morgan fingerprint density at radius 2 is 2.17 bits per heavy atom. The predicted octanol–water partition coefficient (Wildman–Crippen LogP) is 1.11. The van der Waals surface area contributed by atoms with E-state index in [0.717, 1.165) is 71.0 Å². The lowest BCUT2D eigenvalue weighted by Crippen LogP contribution is -2.48. The summed E-state index contributed by atoms with van der Waals surface area (Å²) < 4.78 is 7.69. The molecular formula is C16H28N6O. The van der Waals surface area contributed by atoms with Crippen molar-refractivity contribution in [1.82, 2.24) is 30.0 Å². The lowest BCUT2D eigenvalue weighted by molar-refractivity contribution is 0.0803. The molecule has 2 fully saturated rings. The van der Waals surface area contributed by atoms with Gasteiger partial charge in [0.25, 0.3) is 0 Å². The molecule has 1 aromatic rings. The normalized spacial score (nSPS) is 24.8. The van der Waals surface area contributed by atoms with Crippen molar-refractivity contribution in [3.8, 4) is 0 Å². The molecule has 0 unspecified atom stereocenters. The second kappa shape index (κ2) is 7.99. The van der Waals surface area contributed by atoms with E-state index in [2.05, 4.69) is 38.8 Å². The summed E-state index contributed by atoms with van der Waals surface area (Å²) in [6.45, 7) is 12.9. The van der Waals surface area contributed by atoms with Crippen LogP contribution in [-0.2, 0) is 11.3 Å². The summed E-state index contributed by atoms with van der Waals surface area (Å²) >= 11 is 0. The average Bonchev–Trinajstić information content (AvgIpc) is 3.23. The van der Waals surface area contributed by atoms with Crippen molar-refractivity contribution < 1.29 is 4.74 Å². The Morgan fingerprint density at radius 1 is 1.35 bits per heavy atom. The van der Waals surface area contributed by atoms with Gasteiger partial charge in [-0.05, 0) is 29.7 Å². The molecule has 3 rings (SSSR count). The zero-order valence-corrected chi connectivity index (χ0v) is 14.1. The summed E-state index contributed by atoms with van der Waals surface area (Å²) in [5.74, 6) is 0.986. The molecule has 0 aliphatic carbocycles. The molecule has 7 nitrogen and oxygen atoms in total. The number of aromatic nitrogens is 4. The Bertz CT molecular complexity index is 491. The molecule has 0 radical (unpaired) electrons. The van der Waals surface area contributed by atoms with Gasteiger partial charge in [-0.3, -0.25) is 9.80 Å². The van der Waals surface area contributed by atoms with Crippen LogP contribution in [0.4, 0.5) is 0 Å². The summed E-state index contributed by atoms with van der Waals surface area (Å²) in [6, 6.07) is 0.289. The molecule has 3 heterocycles. The molecule has 0 spiro atoms. The van der Waals surface area contributed by atoms with Gasteiger partial charge in [0.2, 0.25) is 0 Å². The first kappa shape index (κ1) is 16.5. The molecular weight excluding hydrogens is 292 g/mol. The first-order valence-electron chi connectivity index (χ1n) is 8.76. The molecule has 23 heavy (non-hydrogen) atoms. The standard InChI is InChI=1S/C16H28N6O/c1-3-7-20-8-10-21(11-9-20)15(4-2)16-17-18-19-22(16)13-14-6-5-12-23-14/h3,14-15H,1,4-13H2,2H3/t14-,15-/m1/s1. The highest BCUT2D eigenvalue weighted by atomic mass is 16.5. The topological polar surface area (TPSA) is 59.3 Å². The quantitative estimate of drug-likeness (QED) is 0.701. The van der Waals surface area contributed by atoms with Crippen LogP contribution in [0, 0.1) is 0 Å². The van der Waals surface area contributed by atoms with Gasteiger partial charge in [-0.1, -0.05) is 13.0 Å². The summed E-state index contributed by atoms with van der Waals surface area (Å²) in [5, 5.41) is 12.5. The van der Waals surface area contributed by atoms with Gasteiger partial charge in [0.05, 0.1) is 18.7 Å². The van der Waals surface area contributed by atoms with Gasteiger partial charge in [-0.15, -0.1) is 11.7 Å². The molecule has 1 aromatic heterocycles. The van der Waals surface area contributed by atoms with Crippen LogP contribution in [0.5, 0.6) is 0 Å². The van der Waals surface area contributed by atoms with E-state index in [9.17, 15) is 0 Å². The molecule has 0 saturated carbocycles. The summed E-state index contributed by atoms with van der Waals surface area (Å²) in [7, 11) is 0. The minimum absolute atomic E-state index is 0.263. The summed E-state index contributed by atoms with van der Waals surface area (Å²) in [4.78, 5) is 4.95. The van der Waals surface area contributed by atoms with Crippen LogP contribution in [0.1, 0.15) is 38.1 Å². The maximum absolute atomic E-state index is 5.74. The minimum atomic E-state index is 0.263. The number of hydrogen-bond donors (Lipinski definition) is 0. The third-order valence-corrected chi connectivity index (χ3v) is 4.88. The first-order valence-corrected chi connectivity index (χ1v) is 8.76. The largest absolute Gasteiger partial charge is 0.376 e. The van der Waals surface area contributed by atoms with E-state index in [1.165, 1.54) is 0 Å². The Morgan fingerprint density at radius 3 is 2.83 bits per heavy atom. The van der Waals surface area contributed by atoms with Gasteiger partial charge in [0.1, 0.15) is 0 Å². The molecule has 2 atom stereocenters. The monoisotopic (exact) mass is 320 g/mol. The third-order valence-electron chi connectivity index (χ3n) is 4.88. The highest BCUT2D eigenvalue weighted by Gasteiger charge is 2.28. The number of tetrazole rings is 1. The van der Waals surface area contributed by atoms with Gasteiger partial charge in [0.15, 0.2) is 5.82 Å². The second-order valence-electron chi connectivity index (χ2n) is 6.40. The molecule has 2 aliphatic heterocycles. The Labute approximate surface area is 138 Å². The van der Waals surface area contributed by atoms with Gasteiger partial charge in [-0.2, -0.15) is 0 Å². The van der Waals surface area contributed by atoms with Crippen molar-refractivity contribution in [3.05, 3.63) is 18.5 Å². The number of nitrogens with zero attached hydrogens (tertiary/aromatic N) is 6. The zero-order valence-electron chi connectivity index (χ0n) is 14.1. The van der Waals surface area contributed by atoms with Crippen molar-refractivity contribution in [2.45, 2.75) is 44.9 Å². The maximum Gasteiger partial charge on any atom is 0.168 e. The van der Waals surface area contributed by atoms with Crippen LogP contribution in [0.25, 0.3) is 0 Å². The van der Waals surface area contributed by atoms with Gasteiger partial charge < -0.3 is 4.74 Å². The van der Waals surface area contributed by atoms with Gasteiger partial charge in [-0.25, -0.2) is 4.68 Å². The highest BCUT2D eigenvalue weighted by Crippen LogP contribution is 2.24. The fourth-order valence-corrected chi connectivity index (χ4v) is 3.61. The first-order chi connectivity index (χ1) is 11.3. The van der Waals surface area contributed by atoms with E-state index < -0.39 is 0 Å². The molecule has 0 amide bonds. The van der Waals surface area contributed by atoms with E-state index in [4.69, 9.17) is 4.74 Å². The Kier molecular flexibility index (Phi) is 5.75. The second-order valence-corrected chi connectivity index (χ2v) is 6.40. The van der Waals surface area contributed by atoms with Crippen LogP contribution < -0.4 is 0 Å². The zero-order chi connectivity index (χ0) is 16.1. The highest BCUT2D eigenvalue weighted by molar-refractivity contribution is 4.95. The van der Waals surface area contributed by atoms with Crippen molar-refractivity contribution in [3.63, 3.8) is 0 Å². The van der Waals surface area contributed by atoms with E-state index in [1.54, 1.807) is 0 Å². The summed E-state index contributed by atoms with van der Waals surface area (Å²) in [5.41, 5.74) is 0. The van der Waals surface area contributed by atoms with Gasteiger partial charge >= 0.3 is 0 Å². The fraction of sp³-hybridized carbons (Fsp3) is 0.812. The molecule has 0 aromatic carbocycles. The molecule has 0 bridgehead atoms. The van der Waals surface area contributed by atoms with Gasteiger partial charge in [0, 0.05) is 39.3 Å². The molecule has 2 aliphatic rings. The molecule has 0 N–H and O–H groups in total. The predicted molar refractivity (Wildman–Crippen MR) is 88.0 cm³/mol. The smallest absolute Gasteiger partial charge is 0.168 e. The van der Waals surface area contributed by atoms with Crippen molar-refractivity contribution in [2.24, 2.45) is 0 Å². The number of ether oxygens (including phenoxy) is 1. The molecule has 2 saturated heterocycles. The van der Waals surface area contributed by atoms with Crippen molar-refractivity contribution >= 4 is 0 Å². The lowest BCUT2D eigenvalue weighted by Gasteiger charge is -2.38. The Hall–Kier alpha value is -1.31. The van der Waals surface area contributed by atoms with Crippen molar-refractivity contribution in [2.75, 3.05) is 39.3 Å². The van der Waals surface area contributed by atoms with Crippen molar-refractivity contribution in [1.29, 1.82) is 0 Å². The van der Waals surface area contributed by atoms with E-state index >= 15 is 0 Å². The van der Waals surface area contributed by atoms with E-state index in [1.807, 2.05) is 10.8 Å². The maximum atomic E-state index is 5.74. The minimum Gasteiger partial charge on any atom is -0.376 e. The van der Waals surface area contributed by atoms with Crippen LogP contribution in [0.2, 0.25) is 0 Å². The number of rotatable bonds is 7. The Balaban J connectivity index is 1.64. The SMILES string of the molecule is C=CCN1CCN([C@H](CC)c2nnnn2C[C@H]2CCCO2)CC1.